The summed E-state index contributed by atoms with van der Waals surface area (Å²) in [5, 5.41) is 7.11. The Morgan fingerprint density at radius 2 is 1.97 bits per heavy atom. The van der Waals surface area contributed by atoms with Crippen LogP contribution >= 0.6 is 11.6 Å². The van der Waals surface area contributed by atoms with Crippen LogP contribution in [0.25, 0.3) is 22.0 Å². The van der Waals surface area contributed by atoms with Crippen molar-refractivity contribution in [2.45, 2.75) is 25.4 Å². The Balaban J connectivity index is 1.72. The molecule has 8 nitrogen and oxygen atoms in total. The number of anilines is 1. The van der Waals surface area contributed by atoms with Crippen LogP contribution in [0.1, 0.15) is 24.6 Å². The number of rotatable bonds is 7. The van der Waals surface area contributed by atoms with E-state index in [9.17, 15) is 0 Å². The number of fused-ring (bicyclic) bond motifs is 1. The molecule has 1 aliphatic heterocycles. The molecule has 0 radical (unpaired) electrons. The normalized spacial score (nSPS) is 16.6. The van der Waals surface area contributed by atoms with Gasteiger partial charge in [-0.15, -0.1) is 0 Å². The number of likely N-dealkylation sites (N-methyl/N-ethyl adjacent to an activating group) is 1. The van der Waals surface area contributed by atoms with Crippen molar-refractivity contribution >= 4 is 28.3 Å². The van der Waals surface area contributed by atoms with Crippen LogP contribution in [-0.4, -0.2) is 59.8 Å². The number of nitrogens with one attached hydrogen (secondary N) is 2. The lowest BCUT2D eigenvalue weighted by Gasteiger charge is -2.33. The third-order valence-electron chi connectivity index (χ3n) is 6.66. The lowest BCUT2D eigenvalue weighted by Crippen LogP contribution is -2.49. The predicted octanol–water partition coefficient (Wildman–Crippen LogP) is 4.33. The Kier molecular flexibility index (Phi) is 7.64. The average Bonchev–Trinajstić information content (AvgIpc) is 2.93. The van der Waals surface area contributed by atoms with Gasteiger partial charge in [0, 0.05) is 55.4 Å². The molecule has 1 fully saturated rings. The molecule has 0 saturated carbocycles. The molecule has 38 heavy (non-hydrogen) atoms. The van der Waals surface area contributed by atoms with Crippen LogP contribution in [0.15, 0.2) is 42.7 Å². The smallest absolute Gasteiger partial charge is 0.159 e. The van der Waals surface area contributed by atoms with Crippen LogP contribution in [0.3, 0.4) is 0 Å². The second-order valence-corrected chi connectivity index (χ2v) is 9.58. The highest BCUT2D eigenvalue weighted by molar-refractivity contribution is 6.34. The van der Waals surface area contributed by atoms with E-state index in [0.717, 1.165) is 6.54 Å². The summed E-state index contributed by atoms with van der Waals surface area (Å²) in [5.41, 5.74) is -0.0950. The summed E-state index contributed by atoms with van der Waals surface area (Å²) in [6.07, 6.45) is 3.64. The molecule has 5 rings (SSSR count). The van der Waals surface area contributed by atoms with Crippen molar-refractivity contribution in [1.29, 1.82) is 0 Å². The zero-order valence-electron chi connectivity index (χ0n) is 21.3. The van der Waals surface area contributed by atoms with Crippen LogP contribution in [0.4, 0.5) is 14.6 Å². The quantitative estimate of drug-likeness (QED) is 0.359. The maximum atomic E-state index is 16.4. The minimum absolute atomic E-state index is 0.0463. The number of halogens is 3. The number of benzene rings is 2. The molecule has 2 atom stereocenters. The standard InChI is InChI=1S/C27H28ClF2N7O/c1-15-14-37(11-10-32-15)27-16-12-17(28)22(23-18(29)6-4-7-20(23)38-3)24(30)25(16)35-21(36-27)13-19(31-2)26-33-8-5-9-34-26/h4-9,12,15,19,31-32H,10-11,13-14H2,1-3H3/t15-,19-/m1/s1. The molecule has 1 saturated heterocycles. The molecule has 4 aromatic rings. The number of hydrogen-bond acceptors (Lipinski definition) is 8. The minimum atomic E-state index is -0.735. The number of ether oxygens (including phenoxy) is 1. The molecule has 0 unspecified atom stereocenters. The molecule has 2 N–H and O–H groups in total. The van der Waals surface area contributed by atoms with Gasteiger partial charge in [0.15, 0.2) is 5.82 Å². The lowest BCUT2D eigenvalue weighted by atomic mass is 10.0. The Morgan fingerprint density at radius 1 is 1.18 bits per heavy atom. The Bertz CT molecular complexity index is 1460. The van der Waals surface area contributed by atoms with E-state index in [4.69, 9.17) is 21.3 Å². The molecule has 2 aromatic heterocycles. The molecule has 2 aromatic carbocycles. The first-order valence-corrected chi connectivity index (χ1v) is 12.7. The van der Waals surface area contributed by atoms with Crippen molar-refractivity contribution in [3.63, 3.8) is 0 Å². The fourth-order valence-electron chi connectivity index (χ4n) is 4.82. The summed E-state index contributed by atoms with van der Waals surface area (Å²) in [5.74, 6) is 0.344. The first-order chi connectivity index (χ1) is 18.4. The molecule has 3 heterocycles. The maximum Gasteiger partial charge on any atom is 0.159 e. The Hall–Kier alpha value is -3.47. The first-order valence-electron chi connectivity index (χ1n) is 12.3. The van der Waals surface area contributed by atoms with E-state index in [0.29, 0.717) is 42.4 Å². The molecule has 1 aliphatic rings. The van der Waals surface area contributed by atoms with Crippen LogP contribution < -0.4 is 20.3 Å². The lowest BCUT2D eigenvalue weighted by molar-refractivity contribution is 0.413. The van der Waals surface area contributed by atoms with E-state index >= 15 is 8.78 Å². The van der Waals surface area contributed by atoms with Gasteiger partial charge in [0.05, 0.1) is 23.7 Å². The van der Waals surface area contributed by atoms with Gasteiger partial charge < -0.3 is 20.3 Å². The molecule has 0 aliphatic carbocycles. The molecular weight excluding hydrogens is 512 g/mol. The molecule has 0 bridgehead atoms. The second-order valence-electron chi connectivity index (χ2n) is 9.18. The van der Waals surface area contributed by atoms with Gasteiger partial charge in [-0.2, -0.15) is 0 Å². The summed E-state index contributed by atoms with van der Waals surface area (Å²) in [6, 6.07) is 7.57. The summed E-state index contributed by atoms with van der Waals surface area (Å²) in [7, 11) is 3.20. The SMILES string of the molecule is CN[C@H](Cc1nc(N2CCN[C@H](C)C2)c2cc(Cl)c(-c3c(F)cccc3OC)c(F)c2n1)c1ncccn1. The van der Waals surface area contributed by atoms with Crippen molar-refractivity contribution < 1.29 is 13.5 Å². The van der Waals surface area contributed by atoms with Gasteiger partial charge in [0.2, 0.25) is 0 Å². The Labute approximate surface area is 224 Å². The van der Waals surface area contributed by atoms with Crippen molar-refractivity contribution in [3.05, 3.63) is 71.0 Å². The first kappa shape index (κ1) is 26.1. The zero-order chi connectivity index (χ0) is 26.8. The zero-order valence-corrected chi connectivity index (χ0v) is 22.1. The van der Waals surface area contributed by atoms with Crippen molar-refractivity contribution in [2.75, 3.05) is 38.7 Å². The Morgan fingerprint density at radius 3 is 2.68 bits per heavy atom. The molecular formula is C27H28ClF2N7O. The van der Waals surface area contributed by atoms with E-state index in [1.807, 2.05) is 0 Å². The van der Waals surface area contributed by atoms with Gasteiger partial charge in [-0.3, -0.25) is 0 Å². The number of piperazine rings is 1. The van der Waals surface area contributed by atoms with E-state index in [2.05, 4.69) is 37.4 Å². The number of aromatic nitrogens is 4. The van der Waals surface area contributed by atoms with Crippen LogP contribution in [0.5, 0.6) is 5.75 Å². The maximum absolute atomic E-state index is 16.4. The molecule has 0 amide bonds. The van der Waals surface area contributed by atoms with E-state index < -0.39 is 11.6 Å². The van der Waals surface area contributed by atoms with Gasteiger partial charge in [0.1, 0.15) is 34.6 Å². The van der Waals surface area contributed by atoms with Gasteiger partial charge in [-0.25, -0.2) is 28.7 Å². The molecule has 11 heteroatoms. The monoisotopic (exact) mass is 539 g/mol. The van der Waals surface area contributed by atoms with E-state index in [1.165, 1.54) is 19.2 Å². The third-order valence-corrected chi connectivity index (χ3v) is 6.95. The van der Waals surface area contributed by atoms with Gasteiger partial charge >= 0.3 is 0 Å². The number of hydrogen-bond donors (Lipinski definition) is 2. The van der Waals surface area contributed by atoms with Crippen LogP contribution in [-0.2, 0) is 6.42 Å². The average molecular weight is 540 g/mol. The highest BCUT2D eigenvalue weighted by Crippen LogP contribution is 2.42. The minimum Gasteiger partial charge on any atom is -0.496 e. The second kappa shape index (κ2) is 11.1. The summed E-state index contributed by atoms with van der Waals surface area (Å²) >= 11 is 6.63. The van der Waals surface area contributed by atoms with E-state index in [1.54, 1.807) is 37.6 Å². The third kappa shape index (κ3) is 4.99. The summed E-state index contributed by atoms with van der Waals surface area (Å²) in [6.45, 7) is 4.18. The summed E-state index contributed by atoms with van der Waals surface area (Å²) < 4.78 is 36.7. The predicted molar refractivity (Wildman–Crippen MR) is 144 cm³/mol. The largest absolute Gasteiger partial charge is 0.496 e. The summed E-state index contributed by atoms with van der Waals surface area (Å²) in [4.78, 5) is 20.3. The highest BCUT2D eigenvalue weighted by Gasteiger charge is 2.27. The number of nitrogens with zero attached hydrogens (tertiary/aromatic N) is 5. The molecule has 198 valence electrons. The van der Waals surface area contributed by atoms with Gasteiger partial charge in [-0.1, -0.05) is 17.7 Å². The van der Waals surface area contributed by atoms with Crippen molar-refractivity contribution in [1.82, 2.24) is 30.6 Å². The van der Waals surface area contributed by atoms with Crippen LogP contribution in [0, 0.1) is 11.6 Å². The highest BCUT2D eigenvalue weighted by atomic mass is 35.5. The van der Waals surface area contributed by atoms with Crippen molar-refractivity contribution in [2.24, 2.45) is 0 Å². The van der Waals surface area contributed by atoms with Gasteiger partial charge in [0.25, 0.3) is 0 Å². The topological polar surface area (TPSA) is 88.1 Å². The molecule has 0 spiro atoms. The number of methoxy groups -OCH3 is 1. The van der Waals surface area contributed by atoms with Crippen molar-refractivity contribution in [3.8, 4) is 16.9 Å². The fraction of sp³-hybridized carbons (Fsp3) is 0.333. The van der Waals surface area contributed by atoms with Gasteiger partial charge in [-0.05, 0) is 38.2 Å². The fourth-order valence-corrected chi connectivity index (χ4v) is 5.11. The van der Waals surface area contributed by atoms with E-state index in [-0.39, 0.29) is 39.5 Å². The van der Waals surface area contributed by atoms with Crippen LogP contribution in [0.2, 0.25) is 5.02 Å².